The molecule has 2 N–H and O–H groups in total. The number of nitrogens with one attached hydrogen (secondary N) is 1. The second kappa shape index (κ2) is 12.2. The second-order valence-electron chi connectivity index (χ2n) is 15.6. The summed E-state index contributed by atoms with van der Waals surface area (Å²) in [6.07, 6.45) is 1.24. The van der Waals surface area contributed by atoms with Crippen molar-refractivity contribution in [1.29, 1.82) is 0 Å². The molecular formula is C30H60N2O5S. The molecule has 226 valence electrons. The lowest BCUT2D eigenvalue weighted by atomic mass is 9.53. The van der Waals surface area contributed by atoms with E-state index in [1.165, 1.54) is 0 Å². The smallest absolute Gasteiger partial charge is 0.267 e. The zero-order valence-corrected chi connectivity index (χ0v) is 28.2. The normalized spacial score (nSPS) is 16.0. The Morgan fingerprint density at radius 1 is 0.789 bits per heavy atom. The van der Waals surface area contributed by atoms with Gasteiger partial charge in [0.2, 0.25) is 11.8 Å². The predicted octanol–water partition coefficient (Wildman–Crippen LogP) is 6.29. The zero-order valence-electron chi connectivity index (χ0n) is 27.4. The van der Waals surface area contributed by atoms with Crippen LogP contribution in [0.4, 0.5) is 0 Å². The fourth-order valence-electron chi connectivity index (χ4n) is 4.98. The molecule has 0 fully saturated rings. The van der Waals surface area contributed by atoms with Crippen LogP contribution in [0.1, 0.15) is 110 Å². The first-order valence-electron chi connectivity index (χ1n) is 14.0. The highest BCUT2D eigenvalue weighted by Gasteiger charge is 2.52. The topological polar surface area (TPSA) is 104 Å². The Hall–Kier alpha value is -1.15. The molecule has 0 aliphatic heterocycles. The SMILES string of the molecule is CC(C)C(C)(C)CC(C(=O)N(C)C)C(C)(C)C(C)(C)CC(C(=O)NC(C)(C)CS(=O)(=O)O)C(C)(C)C(C)C. The van der Waals surface area contributed by atoms with Gasteiger partial charge in [-0.25, -0.2) is 0 Å². The number of rotatable bonds is 14. The maximum absolute atomic E-state index is 13.9. The van der Waals surface area contributed by atoms with Gasteiger partial charge in [-0.15, -0.1) is 0 Å². The first-order valence-corrected chi connectivity index (χ1v) is 15.6. The number of nitrogens with zero attached hydrogens (tertiary/aromatic N) is 1. The van der Waals surface area contributed by atoms with Crippen molar-refractivity contribution in [2.24, 2.45) is 45.3 Å². The van der Waals surface area contributed by atoms with E-state index in [9.17, 15) is 22.6 Å². The van der Waals surface area contributed by atoms with Gasteiger partial charge in [-0.1, -0.05) is 83.1 Å². The maximum atomic E-state index is 13.9. The largest absolute Gasteiger partial charge is 0.350 e. The van der Waals surface area contributed by atoms with E-state index in [-0.39, 0.29) is 29.1 Å². The van der Waals surface area contributed by atoms with E-state index in [0.717, 1.165) is 6.42 Å². The van der Waals surface area contributed by atoms with Crippen LogP contribution in [0.3, 0.4) is 0 Å². The molecule has 38 heavy (non-hydrogen) atoms. The summed E-state index contributed by atoms with van der Waals surface area (Å²) < 4.78 is 32.6. The molecule has 0 saturated carbocycles. The average Bonchev–Trinajstić information content (AvgIpc) is 2.66. The van der Waals surface area contributed by atoms with E-state index >= 15 is 0 Å². The molecule has 2 amide bonds. The summed E-state index contributed by atoms with van der Waals surface area (Å²) >= 11 is 0. The fraction of sp³-hybridized carbons (Fsp3) is 0.933. The van der Waals surface area contributed by atoms with Crippen LogP contribution < -0.4 is 5.32 Å². The van der Waals surface area contributed by atoms with Gasteiger partial charge in [0.25, 0.3) is 10.1 Å². The van der Waals surface area contributed by atoms with Crippen molar-refractivity contribution in [2.45, 2.75) is 115 Å². The van der Waals surface area contributed by atoms with Crippen LogP contribution in [0, 0.1) is 45.3 Å². The maximum Gasteiger partial charge on any atom is 0.267 e. The number of hydrogen-bond donors (Lipinski definition) is 2. The Balaban J connectivity index is 6.65. The molecule has 0 radical (unpaired) electrons. The van der Waals surface area contributed by atoms with Crippen LogP contribution in [0.2, 0.25) is 0 Å². The Bertz CT molecular complexity index is 928. The molecule has 0 spiro atoms. The van der Waals surface area contributed by atoms with Gasteiger partial charge in [-0.2, -0.15) is 8.42 Å². The average molecular weight is 561 g/mol. The number of amides is 2. The van der Waals surface area contributed by atoms with E-state index < -0.39 is 43.6 Å². The van der Waals surface area contributed by atoms with E-state index in [1.807, 2.05) is 0 Å². The summed E-state index contributed by atoms with van der Waals surface area (Å²) in [5.74, 6) is -0.867. The third kappa shape index (κ3) is 9.50. The third-order valence-electron chi connectivity index (χ3n) is 10.1. The lowest BCUT2D eigenvalue weighted by Gasteiger charge is -2.52. The van der Waals surface area contributed by atoms with Crippen molar-refractivity contribution in [3.05, 3.63) is 0 Å². The fourth-order valence-corrected chi connectivity index (χ4v) is 5.96. The highest BCUT2D eigenvalue weighted by molar-refractivity contribution is 7.85. The van der Waals surface area contributed by atoms with Crippen molar-refractivity contribution < 1.29 is 22.6 Å². The summed E-state index contributed by atoms with van der Waals surface area (Å²) in [6, 6.07) is 0. The Morgan fingerprint density at radius 2 is 1.24 bits per heavy atom. The van der Waals surface area contributed by atoms with E-state index in [4.69, 9.17) is 0 Å². The zero-order chi connectivity index (χ0) is 30.9. The number of hydrogen-bond acceptors (Lipinski definition) is 4. The molecule has 2 atom stereocenters. The minimum atomic E-state index is -4.27. The van der Waals surface area contributed by atoms with Crippen molar-refractivity contribution in [2.75, 3.05) is 19.8 Å². The Morgan fingerprint density at radius 3 is 1.58 bits per heavy atom. The van der Waals surface area contributed by atoms with Gasteiger partial charge >= 0.3 is 0 Å². The Labute approximate surface area is 235 Å². The minimum absolute atomic E-state index is 0.0581. The molecule has 0 aromatic carbocycles. The molecule has 7 nitrogen and oxygen atoms in total. The summed E-state index contributed by atoms with van der Waals surface area (Å²) in [4.78, 5) is 29.2. The summed E-state index contributed by atoms with van der Waals surface area (Å²) in [5, 5.41) is 2.92. The molecular weight excluding hydrogens is 500 g/mol. The lowest BCUT2D eigenvalue weighted by molar-refractivity contribution is -0.146. The molecule has 0 rings (SSSR count). The van der Waals surface area contributed by atoms with Gasteiger partial charge in [0.1, 0.15) is 0 Å². The molecule has 0 heterocycles. The quantitative estimate of drug-likeness (QED) is 0.243. The third-order valence-corrected chi connectivity index (χ3v) is 11.2. The van der Waals surface area contributed by atoms with Gasteiger partial charge in [0.05, 0.1) is 11.3 Å². The molecule has 2 unspecified atom stereocenters. The second-order valence-corrected chi connectivity index (χ2v) is 17.0. The molecule has 8 heteroatoms. The molecule has 0 aromatic heterocycles. The van der Waals surface area contributed by atoms with Gasteiger partial charge in [0.15, 0.2) is 0 Å². The van der Waals surface area contributed by atoms with E-state index in [1.54, 1.807) is 32.8 Å². The number of carbonyl (C=O) groups is 2. The van der Waals surface area contributed by atoms with Crippen LogP contribution >= 0.6 is 0 Å². The summed E-state index contributed by atoms with van der Waals surface area (Å²) in [6.45, 7) is 28.9. The van der Waals surface area contributed by atoms with Crippen LogP contribution in [-0.4, -0.2) is 55.1 Å². The monoisotopic (exact) mass is 560 g/mol. The van der Waals surface area contributed by atoms with E-state index in [2.05, 4.69) is 88.4 Å². The van der Waals surface area contributed by atoms with Crippen LogP contribution in [0.5, 0.6) is 0 Å². The minimum Gasteiger partial charge on any atom is -0.350 e. The molecule has 0 aromatic rings. The number of carbonyl (C=O) groups excluding carboxylic acids is 2. The highest BCUT2D eigenvalue weighted by Crippen LogP contribution is 2.54. The molecule has 0 aliphatic carbocycles. The molecule has 0 bridgehead atoms. The Kier molecular flexibility index (Phi) is 11.8. The van der Waals surface area contributed by atoms with Crippen molar-refractivity contribution in [3.8, 4) is 0 Å². The molecule has 0 aliphatic rings. The highest BCUT2D eigenvalue weighted by atomic mass is 32.2. The standard InChI is InChI=1S/C30H60N2O5S/c1-20(2)26(5,6)17-23(25(34)32(15)16)30(13,14)27(7,8)18-22(29(11,12)21(3)4)24(33)31-28(9,10)19-38(35,36)37/h20-23H,17-19H2,1-16H3,(H,31,33)(H,35,36,37). The van der Waals surface area contributed by atoms with Crippen molar-refractivity contribution >= 4 is 21.9 Å². The summed E-state index contributed by atoms with van der Waals surface area (Å²) in [7, 11) is -0.670. The first kappa shape index (κ1) is 36.8. The van der Waals surface area contributed by atoms with Gasteiger partial charge < -0.3 is 10.2 Å². The van der Waals surface area contributed by atoms with Crippen LogP contribution in [0.15, 0.2) is 0 Å². The van der Waals surface area contributed by atoms with Gasteiger partial charge in [0, 0.05) is 25.9 Å². The molecule has 0 saturated heterocycles. The lowest BCUT2D eigenvalue weighted by Crippen LogP contribution is -2.55. The van der Waals surface area contributed by atoms with Gasteiger partial charge in [-0.05, 0) is 60.2 Å². The predicted molar refractivity (Wildman–Crippen MR) is 158 cm³/mol. The van der Waals surface area contributed by atoms with E-state index in [0.29, 0.717) is 12.3 Å². The van der Waals surface area contributed by atoms with Gasteiger partial charge in [-0.3, -0.25) is 14.1 Å². The first-order chi connectivity index (χ1) is 16.5. The van der Waals surface area contributed by atoms with Crippen molar-refractivity contribution in [3.63, 3.8) is 0 Å². The van der Waals surface area contributed by atoms with Crippen LogP contribution in [-0.2, 0) is 19.7 Å². The van der Waals surface area contributed by atoms with Crippen LogP contribution in [0.25, 0.3) is 0 Å². The van der Waals surface area contributed by atoms with Crippen molar-refractivity contribution in [1.82, 2.24) is 10.2 Å². The summed E-state index contributed by atoms with van der Waals surface area (Å²) in [5.41, 5.74) is -2.50.